The summed E-state index contributed by atoms with van der Waals surface area (Å²) >= 11 is 1.85. The smallest absolute Gasteiger partial charge is 0.188 e. The molecule has 0 amide bonds. The molecule has 2 heterocycles. The highest BCUT2D eigenvalue weighted by atomic mass is 127. The Morgan fingerprint density at radius 2 is 2.41 bits per heavy atom. The first-order valence-electron chi connectivity index (χ1n) is 8.06. The first-order valence-corrected chi connectivity index (χ1v) is 8.94. The lowest BCUT2D eigenvalue weighted by Gasteiger charge is -2.31. The summed E-state index contributed by atoms with van der Waals surface area (Å²) in [7, 11) is 0. The number of nitrogens with two attached hydrogens (primary N) is 1. The molecule has 126 valence electrons. The third kappa shape index (κ3) is 7.28. The molecule has 1 aliphatic heterocycles. The van der Waals surface area contributed by atoms with Gasteiger partial charge in [-0.3, -0.25) is 9.89 Å². The van der Waals surface area contributed by atoms with E-state index in [1.165, 1.54) is 30.7 Å². The van der Waals surface area contributed by atoms with Crippen LogP contribution in [0.1, 0.15) is 37.5 Å². The predicted octanol–water partition coefficient (Wildman–Crippen LogP) is 3.28. The van der Waals surface area contributed by atoms with Gasteiger partial charge in [-0.1, -0.05) is 19.4 Å². The summed E-state index contributed by atoms with van der Waals surface area (Å²) in [4.78, 5) is 8.52. The minimum atomic E-state index is 0. The Morgan fingerprint density at radius 1 is 1.55 bits per heavy atom. The molecule has 1 unspecified atom stereocenters. The zero-order valence-corrected chi connectivity index (χ0v) is 16.6. The quantitative estimate of drug-likeness (QED) is 0.299. The number of nitrogens with zero attached hydrogens (tertiary/aromatic N) is 2. The number of guanidine groups is 1. The number of rotatable bonds is 7. The fourth-order valence-corrected chi connectivity index (χ4v) is 3.49. The van der Waals surface area contributed by atoms with Gasteiger partial charge in [-0.15, -0.1) is 35.3 Å². The molecule has 4 nitrogen and oxygen atoms in total. The predicted molar refractivity (Wildman–Crippen MR) is 107 cm³/mol. The van der Waals surface area contributed by atoms with E-state index in [0.717, 1.165) is 32.6 Å². The SMILES string of the molecule is CCCCNC(N)=NCC1CCCN(Cc2cccs2)C1.I. The molecule has 1 fully saturated rings. The molecule has 1 atom stereocenters. The molecule has 0 saturated carbocycles. The van der Waals surface area contributed by atoms with E-state index in [4.69, 9.17) is 5.73 Å². The average Bonchev–Trinajstić information content (AvgIpc) is 2.99. The van der Waals surface area contributed by atoms with Crippen molar-refractivity contribution in [2.75, 3.05) is 26.2 Å². The molecule has 1 aromatic heterocycles. The minimum absolute atomic E-state index is 0. The molecular weight excluding hydrogens is 407 g/mol. The fraction of sp³-hybridized carbons (Fsp3) is 0.688. The van der Waals surface area contributed by atoms with Gasteiger partial charge in [-0.25, -0.2) is 0 Å². The van der Waals surface area contributed by atoms with Gasteiger partial charge in [0.25, 0.3) is 0 Å². The van der Waals surface area contributed by atoms with Gasteiger partial charge in [0.1, 0.15) is 0 Å². The lowest BCUT2D eigenvalue weighted by molar-refractivity contribution is 0.172. The second-order valence-electron chi connectivity index (χ2n) is 5.83. The largest absolute Gasteiger partial charge is 0.370 e. The number of thiophene rings is 1. The highest BCUT2D eigenvalue weighted by Crippen LogP contribution is 2.20. The Kier molecular flexibility index (Phi) is 10.1. The Balaban J connectivity index is 0.00000242. The summed E-state index contributed by atoms with van der Waals surface area (Å²) in [5, 5.41) is 5.34. The first kappa shape index (κ1) is 19.7. The van der Waals surface area contributed by atoms with Crippen LogP contribution in [0, 0.1) is 5.92 Å². The topological polar surface area (TPSA) is 53.6 Å². The number of unbranched alkanes of at least 4 members (excludes halogenated alkanes) is 1. The van der Waals surface area contributed by atoms with E-state index in [-0.39, 0.29) is 24.0 Å². The van der Waals surface area contributed by atoms with Crippen LogP contribution in [0.15, 0.2) is 22.5 Å². The lowest BCUT2D eigenvalue weighted by atomic mass is 9.98. The molecule has 0 aromatic carbocycles. The van der Waals surface area contributed by atoms with Gasteiger partial charge in [0.05, 0.1) is 0 Å². The zero-order chi connectivity index (χ0) is 14.9. The second-order valence-corrected chi connectivity index (χ2v) is 6.86. The van der Waals surface area contributed by atoms with Crippen molar-refractivity contribution >= 4 is 41.3 Å². The highest BCUT2D eigenvalue weighted by Gasteiger charge is 2.19. The van der Waals surface area contributed by atoms with Crippen molar-refractivity contribution in [3.63, 3.8) is 0 Å². The van der Waals surface area contributed by atoms with Crippen LogP contribution in [0.5, 0.6) is 0 Å². The molecule has 1 aliphatic rings. The Labute approximate surface area is 155 Å². The van der Waals surface area contributed by atoms with Gasteiger partial charge in [-0.2, -0.15) is 0 Å². The minimum Gasteiger partial charge on any atom is -0.370 e. The van der Waals surface area contributed by atoms with E-state index in [2.05, 4.69) is 39.6 Å². The Bertz CT molecular complexity index is 422. The maximum absolute atomic E-state index is 5.90. The van der Waals surface area contributed by atoms with Crippen molar-refractivity contribution in [1.82, 2.24) is 10.2 Å². The molecule has 0 bridgehead atoms. The Hall–Kier alpha value is -0.340. The van der Waals surface area contributed by atoms with E-state index in [9.17, 15) is 0 Å². The number of nitrogens with one attached hydrogen (secondary N) is 1. The number of likely N-dealkylation sites (tertiary alicyclic amines) is 1. The molecule has 0 radical (unpaired) electrons. The number of piperidine rings is 1. The van der Waals surface area contributed by atoms with Crippen molar-refractivity contribution in [3.8, 4) is 0 Å². The molecule has 0 aliphatic carbocycles. The number of hydrogen-bond acceptors (Lipinski definition) is 3. The summed E-state index contributed by atoms with van der Waals surface area (Å²) in [5.41, 5.74) is 5.90. The highest BCUT2D eigenvalue weighted by molar-refractivity contribution is 14.0. The molecule has 2 rings (SSSR count). The van der Waals surface area contributed by atoms with Crippen molar-refractivity contribution in [2.24, 2.45) is 16.6 Å². The lowest BCUT2D eigenvalue weighted by Crippen LogP contribution is -2.37. The van der Waals surface area contributed by atoms with Crippen LogP contribution in [0.25, 0.3) is 0 Å². The average molecular weight is 436 g/mol. The third-order valence-electron chi connectivity index (χ3n) is 3.92. The van der Waals surface area contributed by atoms with Gasteiger partial charge < -0.3 is 11.1 Å². The van der Waals surface area contributed by atoms with E-state index in [1.807, 2.05) is 11.3 Å². The van der Waals surface area contributed by atoms with Gasteiger partial charge in [-0.05, 0) is 43.2 Å². The molecule has 6 heteroatoms. The van der Waals surface area contributed by atoms with Crippen molar-refractivity contribution in [3.05, 3.63) is 22.4 Å². The van der Waals surface area contributed by atoms with Crippen LogP contribution in [-0.2, 0) is 6.54 Å². The summed E-state index contributed by atoms with van der Waals surface area (Å²) < 4.78 is 0. The molecular formula is C16H29IN4S. The van der Waals surface area contributed by atoms with E-state index < -0.39 is 0 Å². The molecule has 1 aromatic rings. The van der Waals surface area contributed by atoms with Crippen LogP contribution in [0.3, 0.4) is 0 Å². The second kappa shape index (κ2) is 11.2. The van der Waals surface area contributed by atoms with Crippen molar-refractivity contribution < 1.29 is 0 Å². The molecule has 22 heavy (non-hydrogen) atoms. The van der Waals surface area contributed by atoms with Crippen LogP contribution in [0.4, 0.5) is 0 Å². The van der Waals surface area contributed by atoms with Gasteiger partial charge >= 0.3 is 0 Å². The number of hydrogen-bond donors (Lipinski definition) is 2. The summed E-state index contributed by atoms with van der Waals surface area (Å²) in [6.07, 6.45) is 4.87. The summed E-state index contributed by atoms with van der Waals surface area (Å²) in [5.74, 6) is 1.25. The van der Waals surface area contributed by atoms with E-state index >= 15 is 0 Å². The van der Waals surface area contributed by atoms with Crippen LogP contribution in [-0.4, -0.2) is 37.0 Å². The fourth-order valence-electron chi connectivity index (χ4n) is 2.74. The van der Waals surface area contributed by atoms with Crippen LogP contribution in [0.2, 0.25) is 0 Å². The van der Waals surface area contributed by atoms with Crippen molar-refractivity contribution in [2.45, 2.75) is 39.2 Å². The third-order valence-corrected chi connectivity index (χ3v) is 4.78. The first-order chi connectivity index (χ1) is 10.3. The van der Waals surface area contributed by atoms with Gasteiger partial charge in [0.15, 0.2) is 5.96 Å². The summed E-state index contributed by atoms with van der Waals surface area (Å²) in [6, 6.07) is 4.36. The molecule has 3 N–H and O–H groups in total. The standard InChI is InChI=1S/C16H28N4S.HI/c1-2-3-8-18-16(17)19-11-14-6-4-9-20(12-14)13-15-7-5-10-21-15;/h5,7,10,14H,2-4,6,8-9,11-13H2,1H3,(H3,17,18,19);1H. The molecule has 0 spiro atoms. The van der Waals surface area contributed by atoms with Crippen LogP contribution >= 0.6 is 35.3 Å². The molecule has 1 saturated heterocycles. The zero-order valence-electron chi connectivity index (χ0n) is 13.5. The summed E-state index contributed by atoms with van der Waals surface area (Å²) in [6.45, 7) is 7.40. The Morgan fingerprint density at radius 3 is 3.14 bits per heavy atom. The van der Waals surface area contributed by atoms with E-state index in [0.29, 0.717) is 11.9 Å². The normalized spacial score (nSPS) is 19.7. The van der Waals surface area contributed by atoms with Crippen LogP contribution < -0.4 is 11.1 Å². The maximum atomic E-state index is 5.90. The maximum Gasteiger partial charge on any atom is 0.188 e. The van der Waals surface area contributed by atoms with E-state index in [1.54, 1.807) is 0 Å². The van der Waals surface area contributed by atoms with Crippen molar-refractivity contribution in [1.29, 1.82) is 0 Å². The monoisotopic (exact) mass is 436 g/mol. The number of halogens is 1. The van der Waals surface area contributed by atoms with Gasteiger partial charge in [0.2, 0.25) is 0 Å². The van der Waals surface area contributed by atoms with Gasteiger partial charge in [0, 0.05) is 31.1 Å². The number of aliphatic imine (C=N–C) groups is 1.